The summed E-state index contributed by atoms with van der Waals surface area (Å²) in [6.07, 6.45) is 4.73. The van der Waals surface area contributed by atoms with Crippen LogP contribution in [0.15, 0.2) is 36.8 Å². The molecule has 1 aliphatic heterocycles. The van der Waals surface area contributed by atoms with Gasteiger partial charge in [-0.25, -0.2) is 13.8 Å². The van der Waals surface area contributed by atoms with Crippen molar-refractivity contribution >= 4 is 29.0 Å². The van der Waals surface area contributed by atoms with Gasteiger partial charge in [0.05, 0.1) is 17.8 Å². The number of anilines is 1. The van der Waals surface area contributed by atoms with E-state index in [1.165, 1.54) is 12.1 Å². The Labute approximate surface area is 188 Å². The smallest absolute Gasteiger partial charge is 0.166 e. The van der Waals surface area contributed by atoms with Gasteiger partial charge >= 0.3 is 0 Å². The first kappa shape index (κ1) is 21.8. The zero-order chi connectivity index (χ0) is 22.2. The summed E-state index contributed by atoms with van der Waals surface area (Å²) >= 11 is 12.3. The first-order valence-corrected chi connectivity index (χ1v) is 10.5. The average Bonchev–Trinajstić information content (AvgIpc) is 3.36. The van der Waals surface area contributed by atoms with Crippen LogP contribution in [0.1, 0.15) is 25.0 Å². The molecule has 2 aromatic heterocycles. The molecule has 1 aromatic carbocycles. The van der Waals surface area contributed by atoms with Crippen molar-refractivity contribution in [1.29, 1.82) is 0 Å². The fraction of sp³-hybridized carbons (Fsp3) is 0.333. The van der Waals surface area contributed by atoms with E-state index in [1.807, 2.05) is 0 Å². The van der Waals surface area contributed by atoms with Gasteiger partial charge in [-0.3, -0.25) is 4.68 Å². The number of nitrogens with zero attached hydrogens (tertiary/aromatic N) is 3. The molecule has 1 fully saturated rings. The lowest BCUT2D eigenvalue weighted by Crippen LogP contribution is -2.31. The van der Waals surface area contributed by atoms with Gasteiger partial charge in [-0.2, -0.15) is 5.10 Å². The molecule has 0 radical (unpaired) electrons. The van der Waals surface area contributed by atoms with E-state index < -0.39 is 17.6 Å². The SMILES string of the molecule is CC(Oc1cc(-c2cnn(CC3(F)CCNC3)c2)cnc1N)c1c(Cl)ccc(F)c1Cl. The molecule has 0 aliphatic carbocycles. The second-order valence-corrected chi connectivity index (χ2v) is 8.41. The lowest BCUT2D eigenvalue weighted by atomic mass is 10.1. The first-order valence-electron chi connectivity index (χ1n) is 9.74. The van der Waals surface area contributed by atoms with Gasteiger partial charge in [0.2, 0.25) is 0 Å². The van der Waals surface area contributed by atoms with Crippen LogP contribution < -0.4 is 15.8 Å². The maximum absolute atomic E-state index is 14.7. The van der Waals surface area contributed by atoms with Crippen LogP contribution in [0.25, 0.3) is 11.1 Å². The quantitative estimate of drug-likeness (QED) is 0.508. The minimum atomic E-state index is -1.31. The largest absolute Gasteiger partial charge is 0.482 e. The maximum atomic E-state index is 14.7. The van der Waals surface area contributed by atoms with E-state index in [0.717, 1.165) is 5.56 Å². The standard InChI is InChI=1S/C21H21Cl2F2N5O/c1-12(18-15(22)2-3-16(24)19(18)23)31-17-6-13(7-28-20(17)26)14-8-29-30(9-14)11-21(25)4-5-27-10-21/h2-3,6-9,12,27H,4-5,10-11H2,1H3,(H2,26,28). The number of pyridine rings is 1. The number of nitrogens with two attached hydrogens (primary N) is 1. The van der Waals surface area contributed by atoms with Gasteiger partial charge in [-0.05, 0) is 38.1 Å². The van der Waals surface area contributed by atoms with Crippen LogP contribution in [-0.2, 0) is 6.54 Å². The summed E-state index contributed by atoms with van der Waals surface area (Å²) in [5.41, 5.74) is 6.42. The van der Waals surface area contributed by atoms with Crippen molar-refractivity contribution in [2.75, 3.05) is 18.8 Å². The molecule has 0 spiro atoms. The van der Waals surface area contributed by atoms with Crippen LogP contribution in [-0.4, -0.2) is 33.5 Å². The van der Waals surface area contributed by atoms with Crippen molar-refractivity contribution in [3.05, 3.63) is 58.2 Å². The molecule has 0 amide bonds. The Hall–Kier alpha value is -2.42. The molecule has 3 aromatic rings. The van der Waals surface area contributed by atoms with Crippen molar-refractivity contribution in [2.45, 2.75) is 31.7 Å². The number of nitrogen functional groups attached to an aromatic ring is 1. The number of rotatable bonds is 6. The Morgan fingerprint density at radius 2 is 2.13 bits per heavy atom. The second-order valence-electron chi connectivity index (χ2n) is 7.63. The number of ether oxygens (including phenoxy) is 1. The number of benzene rings is 1. The highest BCUT2D eigenvalue weighted by molar-refractivity contribution is 6.36. The number of hydrogen-bond donors (Lipinski definition) is 2. The Morgan fingerprint density at radius 1 is 1.32 bits per heavy atom. The third-order valence-electron chi connectivity index (χ3n) is 5.28. The molecular formula is C21H21Cl2F2N5O. The molecule has 10 heteroatoms. The Balaban J connectivity index is 1.56. The van der Waals surface area contributed by atoms with Crippen molar-refractivity contribution in [1.82, 2.24) is 20.1 Å². The third-order valence-corrected chi connectivity index (χ3v) is 5.99. The van der Waals surface area contributed by atoms with Gasteiger partial charge < -0.3 is 15.8 Å². The first-order chi connectivity index (χ1) is 14.8. The molecule has 1 aliphatic rings. The third kappa shape index (κ3) is 4.61. The summed E-state index contributed by atoms with van der Waals surface area (Å²) in [6.45, 7) is 2.82. The summed E-state index contributed by atoms with van der Waals surface area (Å²) in [4.78, 5) is 4.18. The fourth-order valence-corrected chi connectivity index (χ4v) is 4.29. The summed E-state index contributed by atoms with van der Waals surface area (Å²) < 4.78 is 36.1. The number of hydrogen-bond acceptors (Lipinski definition) is 5. The van der Waals surface area contributed by atoms with E-state index in [0.29, 0.717) is 30.6 Å². The molecule has 164 valence electrons. The van der Waals surface area contributed by atoms with Crippen LogP contribution in [0.5, 0.6) is 5.75 Å². The van der Waals surface area contributed by atoms with Crippen LogP contribution in [0, 0.1) is 5.82 Å². The zero-order valence-corrected chi connectivity index (χ0v) is 18.2. The van der Waals surface area contributed by atoms with Gasteiger partial charge in [-0.1, -0.05) is 23.2 Å². The van der Waals surface area contributed by atoms with Gasteiger partial charge in [0.25, 0.3) is 0 Å². The van der Waals surface area contributed by atoms with Gasteiger partial charge in [-0.15, -0.1) is 0 Å². The molecule has 1 saturated heterocycles. The molecule has 3 heterocycles. The van der Waals surface area contributed by atoms with Crippen molar-refractivity contribution < 1.29 is 13.5 Å². The number of aromatic nitrogens is 3. The predicted molar refractivity (Wildman–Crippen MR) is 117 cm³/mol. The number of halogens is 4. The zero-order valence-electron chi connectivity index (χ0n) is 16.7. The van der Waals surface area contributed by atoms with E-state index in [-0.39, 0.29) is 28.2 Å². The molecule has 2 unspecified atom stereocenters. The van der Waals surface area contributed by atoms with Crippen molar-refractivity contribution in [2.24, 2.45) is 0 Å². The Bertz CT molecular complexity index is 1100. The maximum Gasteiger partial charge on any atom is 0.166 e. The topological polar surface area (TPSA) is 78.0 Å². The van der Waals surface area contributed by atoms with Crippen molar-refractivity contribution in [3.8, 4) is 16.9 Å². The number of nitrogens with one attached hydrogen (secondary N) is 1. The summed E-state index contributed by atoms with van der Waals surface area (Å²) in [6, 6.07) is 4.31. The molecule has 0 saturated carbocycles. The van der Waals surface area contributed by atoms with E-state index in [1.54, 1.807) is 36.3 Å². The summed E-state index contributed by atoms with van der Waals surface area (Å²) in [5, 5.41) is 7.47. The molecule has 31 heavy (non-hydrogen) atoms. The van der Waals surface area contributed by atoms with E-state index in [9.17, 15) is 8.78 Å². The average molecular weight is 468 g/mol. The molecular weight excluding hydrogens is 447 g/mol. The predicted octanol–water partition coefficient (Wildman–Crippen LogP) is 4.81. The summed E-state index contributed by atoms with van der Waals surface area (Å²) in [7, 11) is 0. The lowest BCUT2D eigenvalue weighted by molar-refractivity contribution is 0.155. The molecule has 0 bridgehead atoms. The molecule has 4 rings (SSSR count). The molecule has 2 atom stereocenters. The van der Waals surface area contributed by atoms with E-state index in [2.05, 4.69) is 15.4 Å². The van der Waals surface area contributed by atoms with Gasteiger partial charge in [0.1, 0.15) is 17.6 Å². The van der Waals surface area contributed by atoms with Crippen LogP contribution >= 0.6 is 23.2 Å². The minimum absolute atomic E-state index is 0.106. The number of alkyl halides is 1. The van der Waals surface area contributed by atoms with Crippen LogP contribution in [0.3, 0.4) is 0 Å². The highest BCUT2D eigenvalue weighted by Crippen LogP contribution is 2.37. The Morgan fingerprint density at radius 3 is 2.87 bits per heavy atom. The Kier molecular flexibility index (Phi) is 6.05. The molecule has 3 N–H and O–H groups in total. The fourth-order valence-electron chi connectivity index (χ4n) is 3.61. The monoisotopic (exact) mass is 467 g/mol. The second kappa shape index (κ2) is 8.61. The van der Waals surface area contributed by atoms with E-state index in [4.69, 9.17) is 33.7 Å². The normalized spacial score (nSPS) is 19.5. The highest BCUT2D eigenvalue weighted by atomic mass is 35.5. The lowest BCUT2D eigenvalue weighted by Gasteiger charge is -2.19. The van der Waals surface area contributed by atoms with E-state index >= 15 is 0 Å². The van der Waals surface area contributed by atoms with Gasteiger partial charge in [0.15, 0.2) is 11.6 Å². The minimum Gasteiger partial charge on any atom is -0.482 e. The summed E-state index contributed by atoms with van der Waals surface area (Å²) in [5.74, 6) is -0.144. The highest BCUT2D eigenvalue weighted by Gasteiger charge is 2.34. The van der Waals surface area contributed by atoms with Crippen molar-refractivity contribution in [3.63, 3.8) is 0 Å². The van der Waals surface area contributed by atoms with Gasteiger partial charge in [0, 0.05) is 40.7 Å². The molecule has 6 nitrogen and oxygen atoms in total. The van der Waals surface area contributed by atoms with Crippen LogP contribution in [0.2, 0.25) is 10.0 Å². The van der Waals surface area contributed by atoms with Crippen LogP contribution in [0.4, 0.5) is 14.6 Å².